The van der Waals surface area contributed by atoms with E-state index in [0.717, 1.165) is 40.3 Å². The van der Waals surface area contributed by atoms with Crippen molar-refractivity contribution in [3.05, 3.63) is 60.3 Å². The van der Waals surface area contributed by atoms with Crippen molar-refractivity contribution in [3.8, 4) is 22.8 Å². The monoisotopic (exact) mass is 368 g/mol. The number of fused-ring (bicyclic) bond motifs is 3. The highest BCUT2D eigenvalue weighted by atomic mass is 16.5. The summed E-state index contributed by atoms with van der Waals surface area (Å²) in [4.78, 5) is 6.92. The molecule has 0 N–H and O–H groups in total. The zero-order valence-electron chi connectivity index (χ0n) is 16.8. The lowest BCUT2D eigenvalue weighted by molar-refractivity contribution is 0.486. The van der Waals surface area contributed by atoms with Crippen LogP contribution in [0.5, 0.6) is 11.5 Å². The molecule has 0 unspecified atom stereocenters. The smallest absolute Gasteiger partial charge is 0.160 e. The van der Waals surface area contributed by atoms with E-state index in [1.165, 1.54) is 21.7 Å². The van der Waals surface area contributed by atoms with Crippen LogP contribution < -0.4 is 9.64 Å². The first kappa shape index (κ1) is 17.1. The number of aromatic nitrogens is 1. The molecule has 0 radical (unpaired) electrons. The fraction of sp³-hybridized carbons (Fsp3) is 0.240. The topological polar surface area (TPSA) is 25.4 Å². The van der Waals surface area contributed by atoms with E-state index in [0.29, 0.717) is 5.92 Å². The molecular formula is C25H24N2O. The molecule has 0 saturated heterocycles. The molecule has 1 aliphatic rings. The lowest BCUT2D eigenvalue weighted by Gasteiger charge is -2.27. The Morgan fingerprint density at radius 3 is 2.61 bits per heavy atom. The number of hydrogen-bond donors (Lipinski definition) is 0. The van der Waals surface area contributed by atoms with Crippen LogP contribution in [-0.4, -0.2) is 19.1 Å². The van der Waals surface area contributed by atoms with E-state index in [2.05, 4.69) is 81.4 Å². The number of nitrogens with zero attached hydrogens (tertiary/aromatic N) is 2. The van der Waals surface area contributed by atoms with Crippen molar-refractivity contribution in [2.24, 2.45) is 5.92 Å². The van der Waals surface area contributed by atoms with Crippen LogP contribution in [0, 0.1) is 5.92 Å². The van der Waals surface area contributed by atoms with Gasteiger partial charge in [-0.15, -0.1) is 0 Å². The molecule has 140 valence electrons. The molecule has 4 aromatic rings. The Bertz CT molecular complexity index is 1220. The van der Waals surface area contributed by atoms with Crippen LogP contribution in [0.1, 0.15) is 19.4 Å². The van der Waals surface area contributed by atoms with Gasteiger partial charge in [-0.05, 0) is 46.9 Å². The SMILES string of the molecule is CC(C)Cc1cc2c3c(nccc3c1)-c1cc3ccccc3c(N(C)C)c1O2. The molecule has 5 rings (SSSR count). The zero-order valence-corrected chi connectivity index (χ0v) is 16.8. The minimum absolute atomic E-state index is 0.600. The zero-order chi connectivity index (χ0) is 19.4. The largest absolute Gasteiger partial charge is 0.454 e. The highest BCUT2D eigenvalue weighted by Gasteiger charge is 2.26. The summed E-state index contributed by atoms with van der Waals surface area (Å²) in [5, 5.41) is 4.71. The predicted octanol–water partition coefficient (Wildman–Crippen LogP) is 6.43. The van der Waals surface area contributed by atoms with Crippen LogP contribution in [-0.2, 0) is 6.42 Å². The fourth-order valence-corrected chi connectivity index (χ4v) is 4.35. The van der Waals surface area contributed by atoms with E-state index >= 15 is 0 Å². The average Bonchev–Trinajstić information content (AvgIpc) is 2.65. The van der Waals surface area contributed by atoms with Gasteiger partial charge in [0.05, 0.1) is 16.8 Å². The standard InChI is InChI=1S/C25H24N2O/c1-15(2)11-16-12-18-9-10-26-23-20-14-17-7-5-6-8-19(17)24(27(3)4)25(20)28-21(13-16)22(18)23/h5-10,12-15H,11H2,1-4H3. The van der Waals surface area contributed by atoms with Crippen LogP contribution in [0.15, 0.2) is 54.7 Å². The number of benzene rings is 3. The lowest BCUT2D eigenvalue weighted by Crippen LogP contribution is -2.12. The first-order valence-corrected chi connectivity index (χ1v) is 9.86. The molecule has 3 aromatic carbocycles. The highest BCUT2D eigenvalue weighted by molar-refractivity contribution is 6.09. The second-order valence-electron chi connectivity index (χ2n) is 8.27. The summed E-state index contributed by atoms with van der Waals surface area (Å²) in [7, 11) is 4.15. The van der Waals surface area contributed by atoms with Crippen molar-refractivity contribution in [1.29, 1.82) is 0 Å². The maximum Gasteiger partial charge on any atom is 0.160 e. The normalized spacial score (nSPS) is 12.3. The molecule has 1 aliphatic heterocycles. The van der Waals surface area contributed by atoms with Gasteiger partial charge in [0, 0.05) is 31.2 Å². The van der Waals surface area contributed by atoms with E-state index in [9.17, 15) is 0 Å². The molecule has 3 heteroatoms. The predicted molar refractivity (Wildman–Crippen MR) is 118 cm³/mol. The minimum atomic E-state index is 0.600. The van der Waals surface area contributed by atoms with E-state index in [1.54, 1.807) is 0 Å². The van der Waals surface area contributed by atoms with Crippen LogP contribution in [0.25, 0.3) is 32.8 Å². The summed E-state index contributed by atoms with van der Waals surface area (Å²) in [5.41, 5.74) is 4.49. The Morgan fingerprint density at radius 2 is 1.82 bits per heavy atom. The summed E-state index contributed by atoms with van der Waals surface area (Å²) in [6.07, 6.45) is 2.95. The van der Waals surface area contributed by atoms with Gasteiger partial charge >= 0.3 is 0 Å². The van der Waals surface area contributed by atoms with E-state index in [4.69, 9.17) is 9.72 Å². The Kier molecular flexibility index (Phi) is 3.80. The van der Waals surface area contributed by atoms with E-state index < -0.39 is 0 Å². The third-order valence-corrected chi connectivity index (χ3v) is 5.42. The first-order chi connectivity index (χ1) is 13.5. The van der Waals surface area contributed by atoms with Gasteiger partial charge in [-0.3, -0.25) is 4.98 Å². The second kappa shape index (κ2) is 6.23. The van der Waals surface area contributed by atoms with Gasteiger partial charge in [0.15, 0.2) is 5.75 Å². The van der Waals surface area contributed by atoms with Crippen LogP contribution in [0.4, 0.5) is 5.69 Å². The molecule has 2 heterocycles. The number of hydrogen-bond acceptors (Lipinski definition) is 3. The van der Waals surface area contributed by atoms with Crippen LogP contribution in [0.3, 0.4) is 0 Å². The molecule has 0 fully saturated rings. The molecule has 1 aromatic heterocycles. The summed E-state index contributed by atoms with van der Waals surface area (Å²) < 4.78 is 6.59. The summed E-state index contributed by atoms with van der Waals surface area (Å²) in [6, 6.07) is 17.3. The lowest BCUT2D eigenvalue weighted by atomic mass is 9.93. The second-order valence-corrected chi connectivity index (χ2v) is 8.27. The molecule has 0 bridgehead atoms. The van der Waals surface area contributed by atoms with Crippen molar-refractivity contribution in [2.75, 3.05) is 19.0 Å². The molecule has 0 atom stereocenters. The van der Waals surface area contributed by atoms with Crippen molar-refractivity contribution < 1.29 is 4.74 Å². The maximum absolute atomic E-state index is 6.59. The molecular weight excluding hydrogens is 344 g/mol. The van der Waals surface area contributed by atoms with Gasteiger partial charge < -0.3 is 9.64 Å². The number of ether oxygens (including phenoxy) is 1. The van der Waals surface area contributed by atoms with Gasteiger partial charge in [0.1, 0.15) is 5.75 Å². The summed E-state index contributed by atoms with van der Waals surface area (Å²) in [6.45, 7) is 4.50. The summed E-state index contributed by atoms with van der Waals surface area (Å²) >= 11 is 0. The Hall–Kier alpha value is -3.07. The third-order valence-electron chi connectivity index (χ3n) is 5.42. The first-order valence-electron chi connectivity index (χ1n) is 9.86. The third kappa shape index (κ3) is 2.54. The van der Waals surface area contributed by atoms with E-state index in [1.807, 2.05) is 6.20 Å². The average molecular weight is 368 g/mol. The number of pyridine rings is 1. The van der Waals surface area contributed by atoms with Gasteiger partial charge in [0.2, 0.25) is 0 Å². The molecule has 28 heavy (non-hydrogen) atoms. The Balaban J connectivity index is 1.85. The van der Waals surface area contributed by atoms with Crippen LogP contribution in [0.2, 0.25) is 0 Å². The number of anilines is 1. The maximum atomic E-state index is 6.59. The van der Waals surface area contributed by atoms with Crippen molar-refractivity contribution >= 4 is 27.2 Å². The van der Waals surface area contributed by atoms with Crippen LogP contribution >= 0.6 is 0 Å². The van der Waals surface area contributed by atoms with Crippen molar-refractivity contribution in [3.63, 3.8) is 0 Å². The summed E-state index contributed by atoms with van der Waals surface area (Å²) in [5.74, 6) is 2.42. The molecule has 0 aliphatic carbocycles. The Labute approximate surface area is 165 Å². The molecule has 0 spiro atoms. The van der Waals surface area contributed by atoms with E-state index in [-0.39, 0.29) is 0 Å². The molecule has 0 amide bonds. The fourth-order valence-electron chi connectivity index (χ4n) is 4.35. The van der Waals surface area contributed by atoms with Crippen molar-refractivity contribution in [1.82, 2.24) is 4.98 Å². The highest BCUT2D eigenvalue weighted by Crippen LogP contribution is 2.52. The van der Waals surface area contributed by atoms with Gasteiger partial charge in [-0.2, -0.15) is 0 Å². The van der Waals surface area contributed by atoms with Crippen molar-refractivity contribution in [2.45, 2.75) is 20.3 Å². The van der Waals surface area contributed by atoms with Gasteiger partial charge in [-0.1, -0.05) is 44.2 Å². The quantitative estimate of drug-likeness (QED) is 0.367. The molecule has 3 nitrogen and oxygen atoms in total. The van der Waals surface area contributed by atoms with Gasteiger partial charge in [-0.25, -0.2) is 0 Å². The Morgan fingerprint density at radius 1 is 1.00 bits per heavy atom. The minimum Gasteiger partial charge on any atom is -0.454 e. The molecule has 0 saturated carbocycles. The van der Waals surface area contributed by atoms with Gasteiger partial charge in [0.25, 0.3) is 0 Å². The number of rotatable bonds is 3.